The molecular weight excluding hydrogens is 200 g/mol. The first-order chi connectivity index (χ1) is 7.61. The molecule has 16 heavy (non-hydrogen) atoms. The molecule has 0 aromatic carbocycles. The van der Waals surface area contributed by atoms with Gasteiger partial charge in [-0.25, -0.2) is 0 Å². The predicted molar refractivity (Wildman–Crippen MR) is 67.1 cm³/mol. The normalized spacial score (nSPS) is 25.8. The number of carbonyl (C=O) groups excluding carboxylic acids is 1. The van der Waals surface area contributed by atoms with E-state index in [0.29, 0.717) is 11.8 Å². The molecule has 0 aliphatic carbocycles. The van der Waals surface area contributed by atoms with E-state index in [4.69, 9.17) is 0 Å². The molecule has 1 N–H and O–H groups in total. The zero-order valence-corrected chi connectivity index (χ0v) is 11.1. The first-order valence-electron chi connectivity index (χ1n) is 6.68. The van der Waals surface area contributed by atoms with E-state index in [1.807, 2.05) is 0 Å². The molecule has 1 amide bonds. The van der Waals surface area contributed by atoms with Crippen molar-refractivity contribution in [1.29, 1.82) is 0 Å². The quantitative estimate of drug-likeness (QED) is 0.705. The molecule has 2 atom stereocenters. The highest BCUT2D eigenvalue weighted by atomic mass is 16.2. The van der Waals surface area contributed by atoms with E-state index in [-0.39, 0.29) is 12.2 Å². The van der Waals surface area contributed by atoms with Gasteiger partial charge in [-0.05, 0) is 18.8 Å². The second-order valence-corrected chi connectivity index (χ2v) is 5.06. The maximum absolute atomic E-state index is 12.1. The number of nitrogens with zero attached hydrogens (tertiary/aromatic N) is 1. The van der Waals surface area contributed by atoms with Gasteiger partial charge in [-0.1, -0.05) is 40.5 Å². The summed E-state index contributed by atoms with van der Waals surface area (Å²) in [5, 5.41) is 3.44. The van der Waals surface area contributed by atoms with Crippen LogP contribution in [0.3, 0.4) is 0 Å². The largest absolute Gasteiger partial charge is 0.326 e. The lowest BCUT2D eigenvalue weighted by Crippen LogP contribution is -2.41. The number of carbonyl (C=O) groups is 1. The lowest BCUT2D eigenvalue weighted by atomic mass is 10.1. The molecule has 0 aromatic rings. The molecule has 1 heterocycles. The topological polar surface area (TPSA) is 32.3 Å². The van der Waals surface area contributed by atoms with Crippen molar-refractivity contribution in [2.45, 2.75) is 65.6 Å². The molecule has 1 aliphatic rings. The van der Waals surface area contributed by atoms with Crippen LogP contribution in [-0.2, 0) is 4.79 Å². The Balaban J connectivity index is 2.58. The van der Waals surface area contributed by atoms with Gasteiger partial charge in [0.15, 0.2) is 0 Å². The maximum Gasteiger partial charge on any atom is 0.241 e. The lowest BCUT2D eigenvalue weighted by molar-refractivity contribution is -0.130. The number of unbranched alkanes of at least 4 members (excludes halogenated alkanes) is 2. The van der Waals surface area contributed by atoms with Crippen LogP contribution in [0, 0.1) is 5.92 Å². The standard InChI is InChI=1S/C13H26N2O/c1-5-7-8-9-15-12(10(3)4)14-11(6-2)13(15)16/h10-12,14H,5-9H2,1-4H3. The fraction of sp³-hybridized carbons (Fsp3) is 0.923. The number of rotatable bonds is 6. The zero-order chi connectivity index (χ0) is 12.1. The first kappa shape index (κ1) is 13.5. The van der Waals surface area contributed by atoms with Crippen molar-refractivity contribution in [3.05, 3.63) is 0 Å². The SMILES string of the molecule is CCCCCN1C(=O)C(CC)NC1C(C)C. The summed E-state index contributed by atoms with van der Waals surface area (Å²) in [4.78, 5) is 14.2. The first-order valence-corrected chi connectivity index (χ1v) is 6.68. The Hall–Kier alpha value is -0.570. The van der Waals surface area contributed by atoms with Crippen LogP contribution in [0.25, 0.3) is 0 Å². The Morgan fingerprint density at radius 2 is 2.00 bits per heavy atom. The van der Waals surface area contributed by atoms with Crippen LogP contribution in [0.5, 0.6) is 0 Å². The van der Waals surface area contributed by atoms with Crippen LogP contribution in [-0.4, -0.2) is 29.6 Å². The molecule has 0 aromatic heterocycles. The Morgan fingerprint density at radius 1 is 1.31 bits per heavy atom. The van der Waals surface area contributed by atoms with Gasteiger partial charge >= 0.3 is 0 Å². The molecule has 3 nitrogen and oxygen atoms in total. The van der Waals surface area contributed by atoms with Gasteiger partial charge < -0.3 is 4.90 Å². The molecule has 0 bridgehead atoms. The monoisotopic (exact) mass is 226 g/mol. The van der Waals surface area contributed by atoms with E-state index in [2.05, 4.69) is 37.9 Å². The third-order valence-corrected chi connectivity index (χ3v) is 3.33. The van der Waals surface area contributed by atoms with E-state index >= 15 is 0 Å². The fourth-order valence-electron chi connectivity index (χ4n) is 2.33. The van der Waals surface area contributed by atoms with Crippen molar-refractivity contribution < 1.29 is 4.79 Å². The highest BCUT2D eigenvalue weighted by Gasteiger charge is 2.38. The summed E-state index contributed by atoms with van der Waals surface area (Å²) in [6.45, 7) is 9.53. The highest BCUT2D eigenvalue weighted by molar-refractivity contribution is 5.84. The second-order valence-electron chi connectivity index (χ2n) is 5.06. The van der Waals surface area contributed by atoms with E-state index < -0.39 is 0 Å². The van der Waals surface area contributed by atoms with Crippen molar-refractivity contribution in [1.82, 2.24) is 10.2 Å². The molecule has 3 heteroatoms. The van der Waals surface area contributed by atoms with Gasteiger partial charge in [0.25, 0.3) is 0 Å². The third kappa shape index (κ3) is 2.97. The highest BCUT2D eigenvalue weighted by Crippen LogP contribution is 2.19. The van der Waals surface area contributed by atoms with Crippen LogP contribution in [0.4, 0.5) is 0 Å². The summed E-state index contributed by atoms with van der Waals surface area (Å²) in [6.07, 6.45) is 4.69. The van der Waals surface area contributed by atoms with Crippen LogP contribution < -0.4 is 5.32 Å². The van der Waals surface area contributed by atoms with E-state index in [1.165, 1.54) is 12.8 Å². The Labute approximate surface area is 99.6 Å². The average Bonchev–Trinajstić information content (AvgIpc) is 2.57. The number of nitrogens with one attached hydrogen (secondary N) is 1. The molecule has 0 saturated carbocycles. The maximum atomic E-state index is 12.1. The second kappa shape index (κ2) is 6.24. The fourth-order valence-corrected chi connectivity index (χ4v) is 2.33. The van der Waals surface area contributed by atoms with Crippen LogP contribution in [0.2, 0.25) is 0 Å². The predicted octanol–water partition coefficient (Wildman–Crippen LogP) is 2.37. The molecule has 0 radical (unpaired) electrons. The van der Waals surface area contributed by atoms with Crippen LogP contribution >= 0.6 is 0 Å². The number of hydrogen-bond donors (Lipinski definition) is 1. The summed E-state index contributed by atoms with van der Waals surface area (Å²) < 4.78 is 0. The summed E-state index contributed by atoms with van der Waals surface area (Å²) in [5.41, 5.74) is 0. The van der Waals surface area contributed by atoms with E-state index in [1.54, 1.807) is 0 Å². The number of amides is 1. The van der Waals surface area contributed by atoms with E-state index in [9.17, 15) is 4.79 Å². The Morgan fingerprint density at radius 3 is 2.50 bits per heavy atom. The Bertz CT molecular complexity index is 228. The Kier molecular flexibility index (Phi) is 5.26. The molecular formula is C13H26N2O. The van der Waals surface area contributed by atoms with Gasteiger partial charge in [0.05, 0.1) is 12.2 Å². The molecule has 94 valence electrons. The van der Waals surface area contributed by atoms with Gasteiger partial charge in [-0.3, -0.25) is 10.1 Å². The average molecular weight is 226 g/mol. The molecule has 1 saturated heterocycles. The molecule has 1 rings (SSSR count). The van der Waals surface area contributed by atoms with Crippen molar-refractivity contribution in [2.24, 2.45) is 5.92 Å². The van der Waals surface area contributed by atoms with Gasteiger partial charge in [0, 0.05) is 6.54 Å². The summed E-state index contributed by atoms with van der Waals surface area (Å²) in [6, 6.07) is 0.0500. The van der Waals surface area contributed by atoms with Crippen LogP contribution in [0.15, 0.2) is 0 Å². The van der Waals surface area contributed by atoms with Crippen molar-refractivity contribution in [2.75, 3.05) is 6.54 Å². The third-order valence-electron chi connectivity index (χ3n) is 3.33. The minimum atomic E-state index is 0.0500. The van der Waals surface area contributed by atoms with Crippen LogP contribution in [0.1, 0.15) is 53.4 Å². The zero-order valence-electron chi connectivity index (χ0n) is 11.1. The van der Waals surface area contributed by atoms with Gasteiger partial charge in [-0.15, -0.1) is 0 Å². The summed E-state index contributed by atoms with van der Waals surface area (Å²) in [5.74, 6) is 0.791. The van der Waals surface area contributed by atoms with Gasteiger partial charge in [0.2, 0.25) is 5.91 Å². The van der Waals surface area contributed by atoms with Gasteiger partial charge in [0.1, 0.15) is 0 Å². The van der Waals surface area contributed by atoms with Crippen molar-refractivity contribution in [3.8, 4) is 0 Å². The van der Waals surface area contributed by atoms with Crippen molar-refractivity contribution >= 4 is 5.91 Å². The minimum absolute atomic E-state index is 0.0500. The lowest BCUT2D eigenvalue weighted by Gasteiger charge is -2.27. The van der Waals surface area contributed by atoms with E-state index in [0.717, 1.165) is 19.4 Å². The minimum Gasteiger partial charge on any atom is -0.326 e. The molecule has 1 fully saturated rings. The molecule has 0 spiro atoms. The smallest absolute Gasteiger partial charge is 0.241 e. The summed E-state index contributed by atoms with van der Waals surface area (Å²) >= 11 is 0. The van der Waals surface area contributed by atoms with Gasteiger partial charge in [-0.2, -0.15) is 0 Å². The number of hydrogen-bond acceptors (Lipinski definition) is 2. The molecule has 1 aliphatic heterocycles. The van der Waals surface area contributed by atoms with Crippen molar-refractivity contribution in [3.63, 3.8) is 0 Å². The molecule has 2 unspecified atom stereocenters. The summed E-state index contributed by atoms with van der Waals surface area (Å²) in [7, 11) is 0.